The number of alkyl halides is 12. The average molecular weight is 857 g/mol. The Kier molecular flexibility index (Phi) is 12.8. The van der Waals surface area contributed by atoms with Crippen molar-refractivity contribution in [2.75, 3.05) is 10.6 Å². The molecule has 0 amide bonds. The molecule has 60 heavy (non-hydrogen) atoms. The molecule has 4 aliphatic rings. The van der Waals surface area contributed by atoms with Crippen molar-refractivity contribution < 1.29 is 81.6 Å². The number of halogens is 12. The minimum Gasteiger partial charge on any atom is -0.542 e. The number of carboxylic acid groups (broad SMARTS) is 2. The molecule has 0 atom stereocenters. The molecule has 6 heterocycles. The molecule has 0 fully saturated rings. The van der Waals surface area contributed by atoms with Gasteiger partial charge < -0.3 is 30.4 Å². The molecular weight excluding hydrogens is 828 g/mol. The second-order valence-corrected chi connectivity index (χ2v) is 13.1. The lowest BCUT2D eigenvalue weighted by atomic mass is 10.1. The summed E-state index contributed by atoms with van der Waals surface area (Å²) in [6.07, 6.45) is -15.8. The van der Waals surface area contributed by atoms with Gasteiger partial charge in [-0.15, -0.1) is 0 Å². The summed E-state index contributed by atoms with van der Waals surface area (Å²) in [4.78, 5) is 17.6. The van der Waals surface area contributed by atoms with E-state index in [9.17, 15) is 52.7 Å². The molecule has 2 N–H and O–H groups in total. The Morgan fingerprint density at radius 3 is 1.15 bits per heavy atom. The number of nitrogens with zero attached hydrogens (tertiary/aromatic N) is 2. The van der Waals surface area contributed by atoms with E-state index in [2.05, 4.69) is 10.6 Å². The van der Waals surface area contributed by atoms with E-state index in [0.29, 0.717) is 59.4 Å². The van der Waals surface area contributed by atoms with Crippen LogP contribution in [0.2, 0.25) is 0 Å². The molecule has 10 rings (SSSR count). The van der Waals surface area contributed by atoms with E-state index in [1.54, 1.807) is 21.5 Å². The van der Waals surface area contributed by atoms with Gasteiger partial charge in [0, 0.05) is 48.5 Å². The normalized spacial score (nSPS) is 13.3. The van der Waals surface area contributed by atoms with E-state index >= 15 is 0 Å². The lowest BCUT2D eigenvalue weighted by Gasteiger charge is -2.13. The summed E-state index contributed by atoms with van der Waals surface area (Å²) in [7, 11) is 0. The number of fused-ring (bicyclic) bond motifs is 1. The number of aliphatic carboxylic acids is 2. The second kappa shape index (κ2) is 17.3. The molecule has 316 valence electrons. The summed E-state index contributed by atoms with van der Waals surface area (Å²) in [6, 6.07) is 26.7. The molecule has 6 aromatic rings. The molecule has 4 aromatic carbocycles. The molecule has 0 unspecified atom stereocenters. The van der Waals surface area contributed by atoms with E-state index in [-0.39, 0.29) is 0 Å². The summed E-state index contributed by atoms with van der Waals surface area (Å²) in [5.74, 6) is -6.01. The molecule has 0 saturated carbocycles. The van der Waals surface area contributed by atoms with Gasteiger partial charge in [0.15, 0.2) is 25.5 Å². The van der Waals surface area contributed by atoms with Crippen molar-refractivity contribution in [3.8, 4) is 0 Å². The van der Waals surface area contributed by atoms with Gasteiger partial charge >= 0.3 is 24.7 Å². The van der Waals surface area contributed by atoms with Crippen LogP contribution < -0.4 is 30.0 Å². The van der Waals surface area contributed by atoms with Crippen molar-refractivity contribution in [1.29, 1.82) is 0 Å². The number of carboxylic acids is 2. The molecule has 0 spiro atoms. The molecule has 20 heteroatoms. The van der Waals surface area contributed by atoms with Crippen molar-refractivity contribution in [2.45, 2.75) is 50.9 Å². The first-order valence-corrected chi connectivity index (χ1v) is 17.2. The van der Waals surface area contributed by atoms with Crippen molar-refractivity contribution in [3.63, 3.8) is 0 Å². The number of nitrogens with one attached hydrogen (secondary N) is 2. The minimum atomic E-state index is -5.19. The van der Waals surface area contributed by atoms with Crippen molar-refractivity contribution >= 4 is 45.1 Å². The van der Waals surface area contributed by atoms with Crippen molar-refractivity contribution in [2.24, 2.45) is 0 Å². The lowest BCUT2D eigenvalue weighted by molar-refractivity contribution is -0.663. The van der Waals surface area contributed by atoms with Crippen LogP contribution in [0.4, 0.5) is 64.1 Å². The lowest BCUT2D eigenvalue weighted by Crippen LogP contribution is -2.37. The van der Waals surface area contributed by atoms with Gasteiger partial charge in [-0.3, -0.25) is 0 Å². The summed E-state index contributed by atoms with van der Waals surface area (Å²) in [6.45, 7) is 1.50. The highest BCUT2D eigenvalue weighted by atomic mass is 19.4. The fraction of sp³-hybridized carbons (Fsp3) is 0.200. The Balaban J connectivity index is 0.000000420. The van der Waals surface area contributed by atoms with Crippen molar-refractivity contribution in [3.05, 3.63) is 143 Å². The van der Waals surface area contributed by atoms with Crippen LogP contribution in [0.5, 0.6) is 0 Å². The van der Waals surface area contributed by atoms with Gasteiger partial charge in [-0.2, -0.15) is 61.8 Å². The Morgan fingerprint density at radius 2 is 0.833 bits per heavy atom. The number of anilines is 2. The first kappa shape index (κ1) is 44.5. The highest BCUT2D eigenvalue weighted by Gasteiger charge is 2.34. The van der Waals surface area contributed by atoms with Crippen LogP contribution in [0, 0.1) is 0 Å². The van der Waals surface area contributed by atoms with E-state index in [1.165, 1.54) is 24.3 Å². The maximum atomic E-state index is 13.8. The van der Waals surface area contributed by atoms with Crippen LogP contribution in [-0.2, 0) is 48.1 Å². The highest BCUT2D eigenvalue weighted by molar-refractivity contribution is 5.90. The maximum Gasteiger partial charge on any atom is 0.430 e. The highest BCUT2D eigenvalue weighted by Crippen LogP contribution is 2.34. The van der Waals surface area contributed by atoms with Crippen molar-refractivity contribution in [1.82, 2.24) is 0 Å². The van der Waals surface area contributed by atoms with Gasteiger partial charge in [0.05, 0.1) is 33.3 Å². The first-order chi connectivity index (χ1) is 27.9. The zero-order chi connectivity index (χ0) is 44.2. The SMILES string of the molecule is FC(F)(F)c1ccc2c3cc[n+](c2c1)Cc1cccc(c1)C[n+]1ccc(c2ccc(C(F)(F)F)cc21)NCc1ccc(cc1)CN3.O=C([O-])C(F)(F)F.O=C([O-])C(F)(F)F. The predicted octanol–water partition coefficient (Wildman–Crippen LogP) is 6.84. The molecule has 8 bridgehead atoms. The average Bonchev–Trinajstić information content (AvgIpc) is 3.16. The fourth-order valence-corrected chi connectivity index (χ4v) is 5.99. The smallest absolute Gasteiger partial charge is 0.430 e. The monoisotopic (exact) mass is 856 g/mol. The van der Waals surface area contributed by atoms with Crippen LogP contribution >= 0.6 is 0 Å². The third-order valence-corrected chi connectivity index (χ3v) is 8.84. The van der Waals surface area contributed by atoms with Crippen LogP contribution in [0.25, 0.3) is 21.8 Å². The number of aromatic nitrogens is 2. The summed E-state index contributed by atoms with van der Waals surface area (Å²) >= 11 is 0. The second-order valence-electron chi connectivity index (χ2n) is 13.1. The number of pyridine rings is 2. The number of benzene rings is 4. The Hall–Kier alpha value is -6.60. The third kappa shape index (κ3) is 11.3. The Morgan fingerprint density at radius 1 is 0.483 bits per heavy atom. The third-order valence-electron chi connectivity index (χ3n) is 8.84. The van der Waals surface area contributed by atoms with E-state index in [0.717, 1.165) is 34.4 Å². The maximum absolute atomic E-state index is 13.8. The van der Waals surface area contributed by atoms with Gasteiger partial charge in [0.25, 0.3) is 0 Å². The van der Waals surface area contributed by atoms with Gasteiger partial charge in [0.2, 0.25) is 11.0 Å². The summed E-state index contributed by atoms with van der Waals surface area (Å²) in [5, 5.41) is 25.7. The van der Waals surface area contributed by atoms with Gasteiger partial charge in [-0.25, -0.2) is 0 Å². The zero-order valence-corrected chi connectivity index (χ0v) is 30.3. The van der Waals surface area contributed by atoms with Crippen LogP contribution in [0.3, 0.4) is 0 Å². The molecule has 0 radical (unpaired) electrons. The van der Waals surface area contributed by atoms with E-state index in [4.69, 9.17) is 19.8 Å². The number of hydrogen-bond donors (Lipinski definition) is 2. The molecule has 0 aliphatic carbocycles. The molecule has 2 aromatic heterocycles. The Labute approximate surface area is 330 Å². The van der Waals surface area contributed by atoms with E-state index in [1.807, 2.05) is 60.7 Å². The molecular formula is C40H28F12N4O4. The van der Waals surface area contributed by atoms with Crippen LogP contribution in [0.1, 0.15) is 33.4 Å². The number of carbonyl (C=O) groups is 2. The number of carbonyl (C=O) groups excluding carboxylic acids is 2. The summed E-state index contributed by atoms with van der Waals surface area (Å²) in [5.41, 5.74) is 4.45. The first-order valence-electron chi connectivity index (χ1n) is 17.2. The topological polar surface area (TPSA) is 112 Å². The zero-order valence-electron chi connectivity index (χ0n) is 30.3. The van der Waals surface area contributed by atoms with E-state index < -0.39 is 47.8 Å². The molecule has 4 aliphatic heterocycles. The Bertz CT molecular complexity index is 2350. The quantitative estimate of drug-likeness (QED) is 0.128. The standard InChI is InChI=1S/C36H26F6N4.2C2HF3O2/c37-35(38,39)27-8-10-29-31-12-14-45(33(29)17-27)21-25-2-1-3-26(16-25)22-46-15-13-32(30-11-9-28(18-34(30)46)36(40,41)42)44-20-24-6-4-23(5-7-24)19-43-31;2*3-2(4,5)1(6)7/h1-18H,19-22H2;2*(H,6,7). The minimum absolute atomic E-state index is 0.292. The fourth-order valence-electron chi connectivity index (χ4n) is 5.99. The van der Waals surface area contributed by atoms with Crippen LogP contribution in [0.15, 0.2) is 109 Å². The predicted molar refractivity (Wildman–Crippen MR) is 186 cm³/mol. The van der Waals surface area contributed by atoms with Crippen LogP contribution in [-0.4, -0.2) is 24.3 Å². The van der Waals surface area contributed by atoms with Gasteiger partial charge in [0.1, 0.15) is 11.9 Å². The number of hydrogen-bond acceptors (Lipinski definition) is 6. The van der Waals surface area contributed by atoms with Gasteiger partial charge in [-0.1, -0.05) is 42.5 Å². The molecule has 0 saturated heterocycles. The molecule has 8 nitrogen and oxygen atoms in total. The van der Waals surface area contributed by atoms with Gasteiger partial charge in [-0.05, 0) is 41.5 Å². The largest absolute Gasteiger partial charge is 0.542 e. The number of rotatable bonds is 0. The summed E-state index contributed by atoms with van der Waals surface area (Å²) < 4.78 is 149.